The molecule has 0 aliphatic carbocycles. The van der Waals surface area contributed by atoms with Gasteiger partial charge in [0.15, 0.2) is 11.5 Å². The first kappa shape index (κ1) is 18.9. The van der Waals surface area contributed by atoms with Gasteiger partial charge in [0, 0.05) is 11.7 Å². The Morgan fingerprint density at radius 3 is 2.45 bits per heavy atom. The van der Waals surface area contributed by atoms with Gasteiger partial charge >= 0.3 is 6.03 Å². The summed E-state index contributed by atoms with van der Waals surface area (Å²) in [7, 11) is 0. The van der Waals surface area contributed by atoms with Crippen molar-refractivity contribution in [3.63, 3.8) is 0 Å². The van der Waals surface area contributed by atoms with Crippen LogP contribution in [-0.2, 0) is 12.8 Å². The number of hydrogen-bond acceptors (Lipinski definition) is 3. The van der Waals surface area contributed by atoms with Crippen molar-refractivity contribution >= 4 is 11.7 Å². The van der Waals surface area contributed by atoms with Crippen molar-refractivity contribution in [1.29, 1.82) is 0 Å². The van der Waals surface area contributed by atoms with Crippen LogP contribution < -0.4 is 20.1 Å². The molecule has 0 saturated carbocycles. The lowest BCUT2D eigenvalue weighted by Crippen LogP contribution is -2.40. The summed E-state index contributed by atoms with van der Waals surface area (Å²) in [5, 5.41) is 6.09. The minimum Gasteiger partial charge on any atom is -0.454 e. The van der Waals surface area contributed by atoms with Crippen LogP contribution >= 0.6 is 0 Å². The van der Waals surface area contributed by atoms with E-state index < -0.39 is 0 Å². The molecule has 0 saturated heterocycles. The average molecular weight is 388 g/mol. The third kappa shape index (κ3) is 4.88. The zero-order chi connectivity index (χ0) is 20.1. The van der Waals surface area contributed by atoms with E-state index in [1.165, 1.54) is 5.56 Å². The van der Waals surface area contributed by atoms with Gasteiger partial charge in [0.25, 0.3) is 0 Å². The van der Waals surface area contributed by atoms with Crippen molar-refractivity contribution in [3.8, 4) is 11.5 Å². The molecule has 0 unspecified atom stereocenters. The van der Waals surface area contributed by atoms with Crippen molar-refractivity contribution in [3.05, 3.63) is 89.5 Å². The molecule has 1 aliphatic rings. The summed E-state index contributed by atoms with van der Waals surface area (Å²) in [6.45, 7) is 2.23. The van der Waals surface area contributed by atoms with Crippen LogP contribution in [0.4, 0.5) is 10.5 Å². The van der Waals surface area contributed by atoms with Gasteiger partial charge in [-0.2, -0.15) is 0 Å². The number of aryl methyl sites for hydroxylation is 1. The highest BCUT2D eigenvalue weighted by molar-refractivity contribution is 5.90. The number of carbonyl (C=O) groups excluding carboxylic acids is 1. The SMILES string of the molecule is Cc1ccccc1NC(=O)N[C@H](Cc1ccccc1)Cc1ccc2c(c1)OCO2. The molecule has 4 rings (SSSR count). The Morgan fingerprint density at radius 2 is 1.62 bits per heavy atom. The summed E-state index contributed by atoms with van der Waals surface area (Å²) in [5.74, 6) is 1.52. The molecule has 5 heteroatoms. The smallest absolute Gasteiger partial charge is 0.319 e. The van der Waals surface area contributed by atoms with Crippen molar-refractivity contribution in [1.82, 2.24) is 5.32 Å². The molecule has 3 aromatic rings. The van der Waals surface area contributed by atoms with Gasteiger partial charge in [-0.1, -0.05) is 54.6 Å². The molecule has 0 fully saturated rings. The molecule has 148 valence electrons. The second-order valence-electron chi connectivity index (χ2n) is 7.19. The van der Waals surface area contributed by atoms with Crippen LogP contribution in [0.5, 0.6) is 11.5 Å². The summed E-state index contributed by atoms with van der Waals surface area (Å²) >= 11 is 0. The van der Waals surface area contributed by atoms with Gasteiger partial charge < -0.3 is 20.1 Å². The minimum absolute atomic E-state index is 0.0678. The number of hydrogen-bond donors (Lipinski definition) is 2. The summed E-state index contributed by atoms with van der Waals surface area (Å²) in [6.07, 6.45) is 1.42. The van der Waals surface area contributed by atoms with Gasteiger partial charge in [0.1, 0.15) is 0 Å². The number of ether oxygens (including phenoxy) is 2. The number of rotatable bonds is 6. The lowest BCUT2D eigenvalue weighted by molar-refractivity contribution is 0.174. The fraction of sp³-hybridized carbons (Fsp3) is 0.208. The van der Waals surface area contributed by atoms with E-state index in [0.717, 1.165) is 34.7 Å². The topological polar surface area (TPSA) is 59.6 Å². The van der Waals surface area contributed by atoms with Crippen LogP contribution in [0.2, 0.25) is 0 Å². The monoisotopic (exact) mass is 388 g/mol. The van der Waals surface area contributed by atoms with E-state index in [2.05, 4.69) is 22.8 Å². The van der Waals surface area contributed by atoms with Crippen LogP contribution in [-0.4, -0.2) is 18.9 Å². The van der Waals surface area contributed by atoms with E-state index >= 15 is 0 Å². The normalized spacial score (nSPS) is 13.0. The third-order valence-electron chi connectivity index (χ3n) is 4.97. The molecule has 0 radical (unpaired) electrons. The molecule has 2 amide bonds. The molecule has 0 bridgehead atoms. The quantitative estimate of drug-likeness (QED) is 0.644. The van der Waals surface area contributed by atoms with Gasteiger partial charge in [0.05, 0.1) is 0 Å². The van der Waals surface area contributed by atoms with Gasteiger partial charge in [0.2, 0.25) is 6.79 Å². The number of amides is 2. The fourth-order valence-corrected chi connectivity index (χ4v) is 3.48. The van der Waals surface area contributed by atoms with E-state index in [1.807, 2.05) is 67.6 Å². The molecule has 1 heterocycles. The van der Waals surface area contributed by atoms with E-state index in [0.29, 0.717) is 6.42 Å². The number of urea groups is 1. The maximum atomic E-state index is 12.7. The second kappa shape index (κ2) is 8.69. The van der Waals surface area contributed by atoms with Crippen molar-refractivity contribution in [2.24, 2.45) is 0 Å². The standard InChI is InChI=1S/C24H24N2O3/c1-17-7-5-6-10-21(17)26-24(27)25-20(13-18-8-3-2-4-9-18)14-19-11-12-22-23(15-19)29-16-28-22/h2-12,15,20H,13-14,16H2,1H3,(H2,25,26,27)/t20-/m1/s1. The lowest BCUT2D eigenvalue weighted by Gasteiger charge is -2.20. The Kier molecular flexibility index (Phi) is 5.66. The fourth-order valence-electron chi connectivity index (χ4n) is 3.48. The molecule has 1 aliphatic heterocycles. The van der Waals surface area contributed by atoms with Crippen LogP contribution in [0.25, 0.3) is 0 Å². The number of anilines is 1. The van der Waals surface area contributed by atoms with Crippen molar-refractivity contribution in [2.45, 2.75) is 25.8 Å². The molecule has 2 N–H and O–H groups in total. The number of carbonyl (C=O) groups is 1. The summed E-state index contributed by atoms with van der Waals surface area (Å²) in [5.41, 5.74) is 4.10. The predicted octanol–water partition coefficient (Wildman–Crippen LogP) is 4.70. The first-order valence-corrected chi connectivity index (χ1v) is 9.73. The molecule has 5 nitrogen and oxygen atoms in total. The Labute approximate surface area is 170 Å². The Hall–Kier alpha value is -3.47. The van der Waals surface area contributed by atoms with Crippen molar-refractivity contribution < 1.29 is 14.3 Å². The summed E-state index contributed by atoms with van der Waals surface area (Å²) in [6, 6.07) is 23.6. The van der Waals surface area contributed by atoms with Crippen molar-refractivity contribution in [2.75, 3.05) is 12.1 Å². The predicted molar refractivity (Wildman–Crippen MR) is 114 cm³/mol. The molecule has 29 heavy (non-hydrogen) atoms. The zero-order valence-corrected chi connectivity index (χ0v) is 16.4. The maximum Gasteiger partial charge on any atom is 0.319 e. The Balaban J connectivity index is 1.48. The number of para-hydroxylation sites is 1. The van der Waals surface area contributed by atoms with Crippen LogP contribution in [0.3, 0.4) is 0 Å². The number of benzene rings is 3. The van der Waals surface area contributed by atoms with Crippen LogP contribution in [0.15, 0.2) is 72.8 Å². The van der Waals surface area contributed by atoms with E-state index in [4.69, 9.17) is 9.47 Å². The van der Waals surface area contributed by atoms with Gasteiger partial charge in [-0.15, -0.1) is 0 Å². The van der Waals surface area contributed by atoms with Gasteiger partial charge in [-0.3, -0.25) is 0 Å². The number of nitrogens with one attached hydrogen (secondary N) is 2. The molecular formula is C24H24N2O3. The third-order valence-corrected chi connectivity index (χ3v) is 4.97. The summed E-state index contributed by atoms with van der Waals surface area (Å²) < 4.78 is 10.9. The average Bonchev–Trinajstić information content (AvgIpc) is 3.18. The van der Waals surface area contributed by atoms with E-state index in [9.17, 15) is 4.79 Å². The molecule has 3 aromatic carbocycles. The van der Waals surface area contributed by atoms with Gasteiger partial charge in [-0.25, -0.2) is 4.79 Å². The van der Waals surface area contributed by atoms with Crippen LogP contribution in [0, 0.1) is 6.92 Å². The molecular weight excluding hydrogens is 364 g/mol. The molecule has 1 atom stereocenters. The zero-order valence-electron chi connectivity index (χ0n) is 16.4. The first-order chi connectivity index (χ1) is 14.2. The highest BCUT2D eigenvalue weighted by Crippen LogP contribution is 2.32. The number of fused-ring (bicyclic) bond motifs is 1. The highest BCUT2D eigenvalue weighted by Gasteiger charge is 2.18. The Bertz CT molecular complexity index is 988. The minimum atomic E-state index is -0.207. The van der Waals surface area contributed by atoms with E-state index in [1.54, 1.807) is 0 Å². The van der Waals surface area contributed by atoms with Crippen LogP contribution in [0.1, 0.15) is 16.7 Å². The highest BCUT2D eigenvalue weighted by atomic mass is 16.7. The summed E-state index contributed by atoms with van der Waals surface area (Å²) in [4.78, 5) is 12.7. The lowest BCUT2D eigenvalue weighted by atomic mass is 9.98. The maximum absolute atomic E-state index is 12.7. The largest absolute Gasteiger partial charge is 0.454 e. The molecule has 0 spiro atoms. The Morgan fingerprint density at radius 1 is 0.897 bits per heavy atom. The molecule has 0 aromatic heterocycles. The second-order valence-corrected chi connectivity index (χ2v) is 7.19. The first-order valence-electron chi connectivity index (χ1n) is 9.73. The van der Waals surface area contributed by atoms with Gasteiger partial charge in [-0.05, 0) is 54.7 Å². The van der Waals surface area contributed by atoms with E-state index in [-0.39, 0.29) is 18.9 Å².